The molecule has 1 aromatic heterocycles. The van der Waals surface area contributed by atoms with Crippen molar-refractivity contribution in [3.63, 3.8) is 0 Å². The maximum atomic E-state index is 11.6. The van der Waals surface area contributed by atoms with E-state index in [0.29, 0.717) is 6.04 Å². The molecule has 0 spiro atoms. The van der Waals surface area contributed by atoms with Crippen LogP contribution in [0.3, 0.4) is 0 Å². The summed E-state index contributed by atoms with van der Waals surface area (Å²) < 4.78 is 5.72. The molecule has 140 valence electrons. The van der Waals surface area contributed by atoms with Crippen LogP contribution >= 0.6 is 0 Å². The van der Waals surface area contributed by atoms with Gasteiger partial charge in [-0.15, -0.1) is 0 Å². The average Bonchev–Trinajstić information content (AvgIpc) is 3.02. The van der Waals surface area contributed by atoms with Crippen molar-refractivity contribution in [1.82, 2.24) is 9.80 Å². The molecule has 2 aromatic rings. The van der Waals surface area contributed by atoms with Crippen LogP contribution in [0.1, 0.15) is 40.8 Å². The predicted molar refractivity (Wildman–Crippen MR) is 101 cm³/mol. The van der Waals surface area contributed by atoms with Gasteiger partial charge < -0.3 is 9.52 Å². The van der Waals surface area contributed by atoms with Crippen molar-refractivity contribution < 1.29 is 14.3 Å². The van der Waals surface area contributed by atoms with Crippen molar-refractivity contribution in [1.29, 1.82) is 0 Å². The van der Waals surface area contributed by atoms with Gasteiger partial charge in [-0.2, -0.15) is 0 Å². The lowest BCUT2D eigenvalue weighted by atomic mass is 10.1. The number of piperazine rings is 1. The van der Waals surface area contributed by atoms with Gasteiger partial charge in [-0.05, 0) is 44.0 Å². The zero-order valence-electron chi connectivity index (χ0n) is 15.6. The summed E-state index contributed by atoms with van der Waals surface area (Å²) in [5.41, 5.74) is 1.93. The molecule has 0 aliphatic carbocycles. The van der Waals surface area contributed by atoms with Gasteiger partial charge in [-0.3, -0.25) is 14.6 Å². The highest BCUT2D eigenvalue weighted by atomic mass is 16.3. The maximum absolute atomic E-state index is 11.6. The van der Waals surface area contributed by atoms with Crippen LogP contribution in [0.15, 0.2) is 40.8 Å². The smallest absolute Gasteiger partial charge is 0.159 e. The molecule has 3 rings (SSSR count). The molecule has 0 radical (unpaired) electrons. The lowest BCUT2D eigenvalue weighted by Gasteiger charge is -2.41. The monoisotopic (exact) mass is 356 g/mol. The van der Waals surface area contributed by atoms with Gasteiger partial charge in [0.15, 0.2) is 5.78 Å². The van der Waals surface area contributed by atoms with E-state index in [1.807, 2.05) is 37.3 Å². The molecule has 1 atom stereocenters. The summed E-state index contributed by atoms with van der Waals surface area (Å²) in [6.07, 6.45) is 0.754. The van der Waals surface area contributed by atoms with Crippen molar-refractivity contribution in [3.8, 4) is 0 Å². The van der Waals surface area contributed by atoms with Gasteiger partial charge in [-0.25, -0.2) is 0 Å². The van der Waals surface area contributed by atoms with Crippen molar-refractivity contribution >= 4 is 5.78 Å². The van der Waals surface area contributed by atoms with E-state index >= 15 is 0 Å². The van der Waals surface area contributed by atoms with E-state index in [1.54, 1.807) is 6.92 Å². The quantitative estimate of drug-likeness (QED) is 0.773. The van der Waals surface area contributed by atoms with Crippen LogP contribution in [0.25, 0.3) is 0 Å². The Hall–Kier alpha value is -1.95. The molecule has 5 heteroatoms. The topological polar surface area (TPSA) is 56.9 Å². The van der Waals surface area contributed by atoms with Crippen molar-refractivity contribution in [2.24, 2.45) is 0 Å². The molecule has 1 fully saturated rings. The molecule has 1 saturated heterocycles. The number of aliphatic hydroxyl groups is 1. The van der Waals surface area contributed by atoms with E-state index in [2.05, 4.69) is 15.9 Å². The van der Waals surface area contributed by atoms with Crippen LogP contribution in [-0.4, -0.2) is 53.0 Å². The summed E-state index contributed by atoms with van der Waals surface area (Å²) in [5.74, 6) is 2.01. The van der Waals surface area contributed by atoms with Crippen LogP contribution < -0.4 is 0 Å². The fourth-order valence-corrected chi connectivity index (χ4v) is 3.65. The zero-order valence-corrected chi connectivity index (χ0v) is 15.6. The second kappa shape index (κ2) is 8.62. The Labute approximate surface area is 155 Å². The minimum absolute atomic E-state index is 0.101. The van der Waals surface area contributed by atoms with Crippen molar-refractivity contribution in [2.75, 3.05) is 26.2 Å². The number of aryl methyl sites for hydroxylation is 1. The molecular formula is C21H28N2O3. The second-order valence-corrected chi connectivity index (χ2v) is 7.14. The lowest BCUT2D eigenvalue weighted by molar-refractivity contribution is 0.0454. The lowest BCUT2D eigenvalue weighted by Crippen LogP contribution is -2.52. The fraction of sp³-hybridized carbons (Fsp3) is 0.476. The highest BCUT2D eigenvalue weighted by molar-refractivity contribution is 5.94. The Morgan fingerprint density at radius 1 is 1.23 bits per heavy atom. The van der Waals surface area contributed by atoms with E-state index in [-0.39, 0.29) is 12.4 Å². The molecule has 0 amide bonds. The third kappa shape index (κ3) is 4.81. The van der Waals surface area contributed by atoms with Gasteiger partial charge in [0.25, 0.3) is 0 Å². The molecule has 2 heterocycles. The van der Waals surface area contributed by atoms with E-state index in [1.165, 1.54) is 0 Å². The summed E-state index contributed by atoms with van der Waals surface area (Å²) in [4.78, 5) is 16.4. The number of carbonyl (C=O) groups is 1. The molecule has 1 aromatic carbocycles. The first-order valence-electron chi connectivity index (χ1n) is 9.27. The predicted octanol–water partition coefficient (Wildman–Crippen LogP) is 2.86. The van der Waals surface area contributed by atoms with Crippen LogP contribution in [0.2, 0.25) is 0 Å². The maximum Gasteiger partial charge on any atom is 0.159 e. The Bertz CT molecular complexity index is 740. The van der Waals surface area contributed by atoms with Crippen LogP contribution in [-0.2, 0) is 13.1 Å². The van der Waals surface area contributed by atoms with E-state index in [0.717, 1.165) is 61.8 Å². The molecular weight excluding hydrogens is 328 g/mol. The molecule has 1 aliphatic heterocycles. The number of hydrogen-bond acceptors (Lipinski definition) is 5. The molecule has 5 nitrogen and oxygen atoms in total. The number of Topliss-reactive ketones (excluding diaryl/α,β-unsaturated/α-hetero) is 1. The van der Waals surface area contributed by atoms with Crippen LogP contribution in [0.5, 0.6) is 0 Å². The number of ketones is 1. The number of aliphatic hydroxyl groups excluding tert-OH is 1. The first-order chi connectivity index (χ1) is 12.5. The number of benzene rings is 1. The molecule has 0 unspecified atom stereocenters. The number of nitrogens with zero attached hydrogens (tertiary/aromatic N) is 2. The first kappa shape index (κ1) is 18.8. The minimum atomic E-state index is 0.101. The Morgan fingerprint density at radius 2 is 2.08 bits per heavy atom. The first-order valence-corrected chi connectivity index (χ1v) is 9.27. The second-order valence-electron chi connectivity index (χ2n) is 7.14. The van der Waals surface area contributed by atoms with Crippen LogP contribution in [0.4, 0.5) is 0 Å². The highest BCUT2D eigenvalue weighted by Gasteiger charge is 2.27. The minimum Gasteiger partial charge on any atom is -0.465 e. The third-order valence-electron chi connectivity index (χ3n) is 5.05. The van der Waals surface area contributed by atoms with E-state index in [4.69, 9.17) is 4.42 Å². The normalized spacial score (nSPS) is 19.0. The largest absolute Gasteiger partial charge is 0.465 e. The summed E-state index contributed by atoms with van der Waals surface area (Å²) in [6.45, 7) is 8.18. The molecule has 1 N–H and O–H groups in total. The SMILES string of the molecule is CC(=O)c1cccc(CN2CCN(Cc3ccc(C)o3)[C@@H](CCO)C2)c1. The van der Waals surface area contributed by atoms with Gasteiger partial charge in [0.1, 0.15) is 11.5 Å². The van der Waals surface area contributed by atoms with Gasteiger partial charge in [0.2, 0.25) is 0 Å². The Kier molecular flexibility index (Phi) is 6.25. The number of carbonyl (C=O) groups excluding carboxylic acids is 1. The van der Waals surface area contributed by atoms with Gasteiger partial charge in [0, 0.05) is 44.4 Å². The number of rotatable bonds is 7. The number of furan rings is 1. The summed E-state index contributed by atoms with van der Waals surface area (Å²) in [5, 5.41) is 9.47. The third-order valence-corrected chi connectivity index (χ3v) is 5.05. The van der Waals surface area contributed by atoms with Crippen molar-refractivity contribution in [3.05, 3.63) is 59.0 Å². The van der Waals surface area contributed by atoms with Crippen molar-refractivity contribution in [2.45, 2.75) is 39.4 Å². The highest BCUT2D eigenvalue weighted by Crippen LogP contribution is 2.20. The summed E-state index contributed by atoms with van der Waals surface area (Å²) in [6, 6.07) is 12.2. The van der Waals surface area contributed by atoms with Gasteiger partial charge in [-0.1, -0.05) is 18.2 Å². The summed E-state index contributed by atoms with van der Waals surface area (Å²) in [7, 11) is 0. The average molecular weight is 356 g/mol. The van der Waals surface area contributed by atoms with E-state index in [9.17, 15) is 9.90 Å². The standard InChI is InChI=1S/C21H28N2O3/c1-16-6-7-21(26-16)15-23-10-9-22(14-20(23)8-11-24)13-18-4-3-5-19(12-18)17(2)25/h3-7,12,20,24H,8-11,13-15H2,1-2H3/t20-/m0/s1. The zero-order chi connectivity index (χ0) is 18.5. The molecule has 26 heavy (non-hydrogen) atoms. The Balaban J connectivity index is 1.63. The van der Waals surface area contributed by atoms with E-state index < -0.39 is 0 Å². The molecule has 0 saturated carbocycles. The number of hydrogen-bond donors (Lipinski definition) is 1. The van der Waals surface area contributed by atoms with Gasteiger partial charge >= 0.3 is 0 Å². The Morgan fingerprint density at radius 3 is 2.77 bits per heavy atom. The molecule has 0 bridgehead atoms. The van der Waals surface area contributed by atoms with Crippen LogP contribution in [0, 0.1) is 6.92 Å². The fourth-order valence-electron chi connectivity index (χ4n) is 3.65. The summed E-state index contributed by atoms with van der Waals surface area (Å²) >= 11 is 0. The molecule has 1 aliphatic rings. The van der Waals surface area contributed by atoms with Gasteiger partial charge in [0.05, 0.1) is 6.54 Å².